The Labute approximate surface area is 166 Å². The molecule has 2 N–H and O–H groups in total. The van der Waals surface area contributed by atoms with Gasteiger partial charge in [0.05, 0.1) is 11.0 Å². The van der Waals surface area contributed by atoms with Gasteiger partial charge >= 0.3 is 0 Å². The molecule has 1 atom stereocenters. The summed E-state index contributed by atoms with van der Waals surface area (Å²) >= 11 is 1.32. The SMILES string of the molecule is Cc1ccc(NC(=O)CSC(C)C(=O)Nc2ccc(C(C)(C)C)cc2)cc1. The smallest absolute Gasteiger partial charge is 0.237 e. The Balaban J connectivity index is 1.81. The predicted molar refractivity (Wildman–Crippen MR) is 116 cm³/mol. The lowest BCUT2D eigenvalue weighted by atomic mass is 9.87. The van der Waals surface area contributed by atoms with Gasteiger partial charge in [-0.25, -0.2) is 0 Å². The van der Waals surface area contributed by atoms with Crippen LogP contribution in [0.25, 0.3) is 0 Å². The fraction of sp³-hybridized carbons (Fsp3) is 0.364. The second-order valence-corrected chi connectivity index (χ2v) is 9.01. The fourth-order valence-corrected chi connectivity index (χ4v) is 3.09. The van der Waals surface area contributed by atoms with Crippen LogP contribution < -0.4 is 10.6 Å². The van der Waals surface area contributed by atoms with Gasteiger partial charge in [0.2, 0.25) is 11.8 Å². The number of rotatable bonds is 6. The van der Waals surface area contributed by atoms with Crippen LogP contribution in [-0.4, -0.2) is 22.8 Å². The number of anilines is 2. The predicted octanol–water partition coefficient (Wildman–Crippen LogP) is 4.99. The molecule has 0 aliphatic heterocycles. The Bertz CT molecular complexity index is 777. The van der Waals surface area contributed by atoms with E-state index in [9.17, 15) is 9.59 Å². The third kappa shape index (κ3) is 6.75. The lowest BCUT2D eigenvalue weighted by Crippen LogP contribution is -2.25. The number of thioether (sulfide) groups is 1. The van der Waals surface area contributed by atoms with Gasteiger partial charge in [-0.15, -0.1) is 11.8 Å². The molecule has 0 aliphatic carbocycles. The molecular formula is C22H28N2O2S. The highest BCUT2D eigenvalue weighted by molar-refractivity contribution is 8.01. The molecule has 1 unspecified atom stereocenters. The Morgan fingerprint density at radius 2 is 1.44 bits per heavy atom. The Hall–Kier alpha value is -2.27. The molecule has 2 amide bonds. The molecule has 27 heavy (non-hydrogen) atoms. The summed E-state index contributed by atoms with van der Waals surface area (Å²) in [5, 5.41) is 5.43. The van der Waals surface area contributed by atoms with Crippen molar-refractivity contribution in [3.8, 4) is 0 Å². The molecule has 0 spiro atoms. The minimum atomic E-state index is -0.323. The topological polar surface area (TPSA) is 58.2 Å². The van der Waals surface area contributed by atoms with Gasteiger partial charge < -0.3 is 10.6 Å². The van der Waals surface area contributed by atoms with Crippen molar-refractivity contribution in [3.63, 3.8) is 0 Å². The van der Waals surface area contributed by atoms with E-state index in [4.69, 9.17) is 0 Å². The van der Waals surface area contributed by atoms with Crippen LogP contribution in [0, 0.1) is 6.92 Å². The summed E-state index contributed by atoms with van der Waals surface area (Å²) in [6, 6.07) is 15.5. The molecule has 0 aromatic heterocycles. The van der Waals surface area contributed by atoms with Crippen LogP contribution in [0.3, 0.4) is 0 Å². The Morgan fingerprint density at radius 3 is 2.00 bits per heavy atom. The van der Waals surface area contributed by atoms with E-state index in [0.29, 0.717) is 0 Å². The van der Waals surface area contributed by atoms with Crippen molar-refractivity contribution in [3.05, 3.63) is 59.7 Å². The molecule has 5 heteroatoms. The van der Waals surface area contributed by atoms with E-state index in [1.165, 1.54) is 17.3 Å². The number of hydrogen-bond acceptors (Lipinski definition) is 3. The van der Waals surface area contributed by atoms with E-state index >= 15 is 0 Å². The van der Waals surface area contributed by atoms with Crippen LogP contribution in [0.5, 0.6) is 0 Å². The highest BCUT2D eigenvalue weighted by Crippen LogP contribution is 2.24. The normalized spacial score (nSPS) is 12.3. The van der Waals surface area contributed by atoms with Crippen molar-refractivity contribution >= 4 is 35.0 Å². The summed E-state index contributed by atoms with van der Waals surface area (Å²) in [6.45, 7) is 10.3. The molecular weight excluding hydrogens is 356 g/mol. The number of nitrogens with one attached hydrogen (secondary N) is 2. The molecule has 4 nitrogen and oxygen atoms in total. The van der Waals surface area contributed by atoms with E-state index in [-0.39, 0.29) is 28.2 Å². The van der Waals surface area contributed by atoms with E-state index in [1.807, 2.05) is 62.4 Å². The molecule has 0 saturated carbocycles. The van der Waals surface area contributed by atoms with Gasteiger partial charge in [-0.3, -0.25) is 9.59 Å². The number of carbonyl (C=O) groups excluding carboxylic acids is 2. The fourth-order valence-electron chi connectivity index (χ4n) is 2.41. The van der Waals surface area contributed by atoms with Crippen LogP contribution in [0.4, 0.5) is 11.4 Å². The summed E-state index contributed by atoms with van der Waals surface area (Å²) in [5.74, 6) is 0.00971. The highest BCUT2D eigenvalue weighted by atomic mass is 32.2. The summed E-state index contributed by atoms with van der Waals surface area (Å²) in [4.78, 5) is 24.4. The van der Waals surface area contributed by atoms with Crippen molar-refractivity contribution in [2.24, 2.45) is 0 Å². The van der Waals surface area contributed by atoms with Crippen molar-refractivity contribution in [1.82, 2.24) is 0 Å². The molecule has 2 aromatic rings. The molecule has 144 valence electrons. The van der Waals surface area contributed by atoms with E-state index in [2.05, 4.69) is 31.4 Å². The summed E-state index contributed by atoms with van der Waals surface area (Å²) in [5.41, 5.74) is 3.97. The molecule has 0 saturated heterocycles. The summed E-state index contributed by atoms with van der Waals surface area (Å²) < 4.78 is 0. The Morgan fingerprint density at radius 1 is 0.926 bits per heavy atom. The van der Waals surface area contributed by atoms with Gasteiger partial charge in [-0.1, -0.05) is 50.6 Å². The maximum Gasteiger partial charge on any atom is 0.237 e. The second kappa shape index (κ2) is 9.09. The van der Waals surface area contributed by atoms with Crippen LogP contribution in [0.1, 0.15) is 38.8 Å². The molecule has 0 aliphatic rings. The maximum absolute atomic E-state index is 12.3. The first-order valence-corrected chi connectivity index (χ1v) is 10.1. The van der Waals surface area contributed by atoms with Gasteiger partial charge in [0.1, 0.15) is 0 Å². The van der Waals surface area contributed by atoms with Crippen molar-refractivity contribution in [2.75, 3.05) is 16.4 Å². The number of amides is 2. The third-order valence-corrected chi connectivity index (χ3v) is 5.33. The molecule has 2 rings (SSSR count). The first kappa shape index (κ1) is 21.0. The lowest BCUT2D eigenvalue weighted by Gasteiger charge is -2.19. The monoisotopic (exact) mass is 384 g/mol. The van der Waals surface area contributed by atoms with Gasteiger partial charge in [0.25, 0.3) is 0 Å². The lowest BCUT2D eigenvalue weighted by molar-refractivity contribution is -0.115. The average Bonchev–Trinajstić information content (AvgIpc) is 2.61. The average molecular weight is 385 g/mol. The molecule has 2 aromatic carbocycles. The van der Waals surface area contributed by atoms with E-state index in [1.54, 1.807) is 0 Å². The Kier molecular flexibility index (Phi) is 7.08. The van der Waals surface area contributed by atoms with Crippen molar-refractivity contribution < 1.29 is 9.59 Å². The molecule has 0 radical (unpaired) electrons. The second-order valence-electron chi connectivity index (χ2n) is 7.68. The van der Waals surface area contributed by atoms with Crippen LogP contribution in [0.15, 0.2) is 48.5 Å². The maximum atomic E-state index is 12.3. The van der Waals surface area contributed by atoms with E-state index in [0.717, 1.165) is 16.9 Å². The summed E-state index contributed by atoms with van der Waals surface area (Å²) in [6.07, 6.45) is 0. The van der Waals surface area contributed by atoms with Crippen LogP contribution >= 0.6 is 11.8 Å². The first-order chi connectivity index (χ1) is 12.6. The largest absolute Gasteiger partial charge is 0.325 e. The molecule has 0 fully saturated rings. The van der Waals surface area contributed by atoms with Gasteiger partial charge in [-0.05, 0) is 49.1 Å². The zero-order valence-corrected chi connectivity index (χ0v) is 17.4. The van der Waals surface area contributed by atoms with E-state index < -0.39 is 0 Å². The first-order valence-electron chi connectivity index (χ1n) is 9.04. The number of hydrogen-bond donors (Lipinski definition) is 2. The number of aryl methyl sites for hydroxylation is 1. The van der Waals surface area contributed by atoms with Gasteiger partial charge in [0, 0.05) is 11.4 Å². The standard InChI is InChI=1S/C22H28N2O2S/c1-15-6-10-18(11-7-15)23-20(25)14-27-16(2)21(26)24-19-12-8-17(9-13-19)22(3,4)5/h6-13,16H,14H2,1-5H3,(H,23,25)(H,24,26). The van der Waals surface area contributed by atoms with Crippen molar-refractivity contribution in [2.45, 2.75) is 45.3 Å². The van der Waals surface area contributed by atoms with Crippen LogP contribution in [-0.2, 0) is 15.0 Å². The minimum Gasteiger partial charge on any atom is -0.325 e. The summed E-state index contributed by atoms with van der Waals surface area (Å²) in [7, 11) is 0. The highest BCUT2D eigenvalue weighted by Gasteiger charge is 2.17. The molecule has 0 heterocycles. The zero-order chi connectivity index (χ0) is 20.0. The van der Waals surface area contributed by atoms with Gasteiger partial charge in [0.15, 0.2) is 0 Å². The third-order valence-electron chi connectivity index (χ3n) is 4.19. The molecule has 0 bridgehead atoms. The minimum absolute atomic E-state index is 0.0799. The van der Waals surface area contributed by atoms with Crippen LogP contribution in [0.2, 0.25) is 0 Å². The quantitative estimate of drug-likeness (QED) is 0.737. The number of carbonyl (C=O) groups is 2. The number of benzene rings is 2. The zero-order valence-electron chi connectivity index (χ0n) is 16.6. The van der Waals surface area contributed by atoms with Gasteiger partial charge in [-0.2, -0.15) is 0 Å². The van der Waals surface area contributed by atoms with Crippen molar-refractivity contribution in [1.29, 1.82) is 0 Å².